The predicted molar refractivity (Wildman–Crippen MR) is 123 cm³/mol. The summed E-state index contributed by atoms with van der Waals surface area (Å²) in [6, 6.07) is 12.3. The lowest BCUT2D eigenvalue weighted by atomic mass is 9.94. The summed E-state index contributed by atoms with van der Waals surface area (Å²) < 4.78 is 21.5. The topological polar surface area (TPSA) is 69.3 Å². The minimum atomic E-state index is -0.540. The Labute approximate surface area is 187 Å². The number of methoxy groups -OCH3 is 3. The molecule has 0 fully saturated rings. The molecule has 7 nitrogen and oxygen atoms in total. The molecule has 0 saturated carbocycles. The molecule has 0 spiro atoms. The van der Waals surface area contributed by atoms with Crippen LogP contribution in [0.25, 0.3) is 0 Å². The van der Waals surface area contributed by atoms with Crippen molar-refractivity contribution in [3.63, 3.8) is 0 Å². The first-order valence-corrected chi connectivity index (χ1v) is 10.2. The lowest BCUT2D eigenvalue weighted by molar-refractivity contribution is -0.139. The van der Waals surface area contributed by atoms with Crippen molar-refractivity contribution in [2.24, 2.45) is 0 Å². The van der Waals surface area contributed by atoms with Crippen molar-refractivity contribution in [2.45, 2.75) is 19.9 Å². The van der Waals surface area contributed by atoms with E-state index in [0.29, 0.717) is 27.9 Å². The Hall–Kier alpha value is -3.26. The van der Waals surface area contributed by atoms with Gasteiger partial charge in [-0.15, -0.1) is 0 Å². The number of anilines is 1. The molecule has 2 aromatic carbocycles. The third-order valence-corrected chi connectivity index (χ3v) is 5.36. The van der Waals surface area contributed by atoms with E-state index in [2.05, 4.69) is 5.32 Å². The molecule has 3 rings (SSSR count). The predicted octanol–water partition coefficient (Wildman–Crippen LogP) is 3.99. The van der Waals surface area contributed by atoms with Crippen LogP contribution in [0.3, 0.4) is 0 Å². The Kier molecular flexibility index (Phi) is 7.02. The number of hydrogen-bond donors (Lipinski definition) is 1. The number of carbonyl (C=O) groups excluding carboxylic acids is 1. The number of esters is 1. The van der Waals surface area contributed by atoms with E-state index in [-0.39, 0.29) is 6.61 Å². The Bertz CT molecular complexity index is 1000. The van der Waals surface area contributed by atoms with Crippen LogP contribution in [0.1, 0.15) is 25.5 Å². The first-order valence-electron chi connectivity index (χ1n) is 9.79. The summed E-state index contributed by atoms with van der Waals surface area (Å²) in [6.45, 7) is 3.89. The highest BCUT2D eigenvalue weighted by Crippen LogP contribution is 2.39. The SMILES string of the molecule is CCOC(=O)C1=C(C)N(c2ccc(OC)cc2)C(=S)NC1c1ccc(OC)cc1OC. The fraction of sp³-hybridized carbons (Fsp3) is 0.304. The summed E-state index contributed by atoms with van der Waals surface area (Å²) in [4.78, 5) is 14.8. The quantitative estimate of drug-likeness (QED) is 0.510. The van der Waals surface area contributed by atoms with Gasteiger partial charge in [0.05, 0.1) is 39.6 Å². The minimum absolute atomic E-state index is 0.259. The standard InChI is InChI=1S/C23H26N2O5S/c1-6-30-22(26)20-14(2)25(15-7-9-16(27-3)10-8-15)23(31)24-21(20)18-12-11-17(28-4)13-19(18)29-5/h7-13,21H,6H2,1-5H3,(H,24,31). The molecule has 0 bridgehead atoms. The number of hydrogen-bond acceptors (Lipinski definition) is 6. The van der Waals surface area contributed by atoms with E-state index in [1.165, 1.54) is 0 Å². The summed E-state index contributed by atoms with van der Waals surface area (Å²) >= 11 is 5.69. The van der Waals surface area contributed by atoms with Crippen molar-refractivity contribution in [1.82, 2.24) is 5.32 Å². The van der Waals surface area contributed by atoms with Crippen LogP contribution in [0.4, 0.5) is 5.69 Å². The number of benzene rings is 2. The number of nitrogens with zero attached hydrogens (tertiary/aromatic N) is 1. The van der Waals surface area contributed by atoms with E-state index in [4.69, 9.17) is 31.2 Å². The Morgan fingerprint density at radius 2 is 1.68 bits per heavy atom. The molecule has 8 heteroatoms. The summed E-state index contributed by atoms with van der Waals surface area (Å²) in [6.07, 6.45) is 0. The third kappa shape index (κ3) is 4.44. The first kappa shape index (κ1) is 22.4. The van der Waals surface area contributed by atoms with Gasteiger partial charge in [-0.1, -0.05) is 0 Å². The smallest absolute Gasteiger partial charge is 0.338 e. The molecule has 1 aliphatic heterocycles. The maximum atomic E-state index is 13.0. The van der Waals surface area contributed by atoms with Crippen LogP contribution in [0.15, 0.2) is 53.7 Å². The molecule has 164 valence electrons. The van der Waals surface area contributed by atoms with Crippen molar-refractivity contribution in [3.05, 3.63) is 59.3 Å². The van der Waals surface area contributed by atoms with Crippen molar-refractivity contribution < 1.29 is 23.7 Å². The highest BCUT2D eigenvalue weighted by atomic mass is 32.1. The third-order valence-electron chi connectivity index (χ3n) is 5.06. The van der Waals surface area contributed by atoms with Crippen LogP contribution >= 0.6 is 12.2 Å². The van der Waals surface area contributed by atoms with E-state index in [9.17, 15) is 4.79 Å². The van der Waals surface area contributed by atoms with Crippen LogP contribution in [0.2, 0.25) is 0 Å². The molecule has 0 aliphatic carbocycles. The van der Waals surface area contributed by atoms with E-state index >= 15 is 0 Å². The molecule has 1 N–H and O–H groups in total. The first-order chi connectivity index (χ1) is 14.9. The van der Waals surface area contributed by atoms with Gasteiger partial charge in [-0.25, -0.2) is 4.79 Å². The zero-order valence-corrected chi connectivity index (χ0v) is 19.0. The van der Waals surface area contributed by atoms with Crippen molar-refractivity contribution in [3.8, 4) is 17.2 Å². The van der Waals surface area contributed by atoms with Crippen LogP contribution in [-0.2, 0) is 9.53 Å². The van der Waals surface area contributed by atoms with Gasteiger partial charge < -0.3 is 24.3 Å². The van der Waals surface area contributed by atoms with Gasteiger partial charge in [-0.2, -0.15) is 0 Å². The molecule has 1 unspecified atom stereocenters. The second-order valence-electron chi connectivity index (χ2n) is 6.74. The largest absolute Gasteiger partial charge is 0.497 e. The van der Waals surface area contributed by atoms with E-state index in [1.807, 2.05) is 48.2 Å². The molecule has 1 aliphatic rings. The number of carbonyl (C=O) groups is 1. The number of nitrogens with one attached hydrogen (secondary N) is 1. The summed E-state index contributed by atoms with van der Waals surface area (Å²) in [5, 5.41) is 3.75. The summed E-state index contributed by atoms with van der Waals surface area (Å²) in [5.41, 5.74) is 2.69. The Balaban J connectivity index is 2.14. The molecular weight excluding hydrogens is 416 g/mol. The normalized spacial score (nSPS) is 16.0. The lowest BCUT2D eigenvalue weighted by Gasteiger charge is -2.38. The second-order valence-corrected chi connectivity index (χ2v) is 7.13. The van der Waals surface area contributed by atoms with Crippen molar-refractivity contribution in [1.29, 1.82) is 0 Å². The molecule has 1 atom stereocenters. The van der Waals surface area contributed by atoms with Gasteiger partial charge in [-0.05, 0) is 62.5 Å². The number of rotatable bonds is 7. The van der Waals surface area contributed by atoms with Gasteiger partial charge in [-0.3, -0.25) is 4.90 Å². The molecule has 31 heavy (non-hydrogen) atoms. The van der Waals surface area contributed by atoms with Gasteiger partial charge in [0.1, 0.15) is 17.2 Å². The number of thiocarbonyl (C=S) groups is 1. The van der Waals surface area contributed by atoms with Crippen LogP contribution in [0, 0.1) is 0 Å². The van der Waals surface area contributed by atoms with Crippen molar-refractivity contribution in [2.75, 3.05) is 32.8 Å². The highest BCUT2D eigenvalue weighted by molar-refractivity contribution is 7.80. The van der Waals surface area contributed by atoms with Gasteiger partial charge in [0.15, 0.2) is 5.11 Å². The molecule has 2 aromatic rings. The maximum Gasteiger partial charge on any atom is 0.338 e. The maximum absolute atomic E-state index is 13.0. The fourth-order valence-corrected chi connectivity index (χ4v) is 3.91. The van der Waals surface area contributed by atoms with Gasteiger partial charge >= 0.3 is 5.97 Å². The molecular formula is C23H26N2O5S. The monoisotopic (exact) mass is 442 g/mol. The molecule has 1 heterocycles. The Morgan fingerprint density at radius 1 is 1.03 bits per heavy atom. The minimum Gasteiger partial charge on any atom is -0.497 e. The van der Waals surface area contributed by atoms with Crippen molar-refractivity contribution >= 4 is 29.0 Å². The second kappa shape index (κ2) is 9.70. The van der Waals surface area contributed by atoms with Crippen LogP contribution < -0.4 is 24.4 Å². The molecule has 0 amide bonds. The molecule has 0 radical (unpaired) electrons. The van der Waals surface area contributed by atoms with Gasteiger partial charge in [0, 0.05) is 23.0 Å². The Morgan fingerprint density at radius 3 is 2.26 bits per heavy atom. The number of allylic oxidation sites excluding steroid dienone is 1. The average Bonchev–Trinajstić information content (AvgIpc) is 2.78. The number of ether oxygens (including phenoxy) is 4. The molecule has 0 saturated heterocycles. The van der Waals surface area contributed by atoms with Crippen LogP contribution in [-0.4, -0.2) is 39.0 Å². The fourth-order valence-electron chi connectivity index (χ4n) is 3.55. The molecule has 0 aromatic heterocycles. The van der Waals surface area contributed by atoms with Gasteiger partial charge in [0.25, 0.3) is 0 Å². The highest BCUT2D eigenvalue weighted by Gasteiger charge is 2.36. The van der Waals surface area contributed by atoms with Gasteiger partial charge in [0.2, 0.25) is 0 Å². The van der Waals surface area contributed by atoms with E-state index in [0.717, 1.165) is 17.0 Å². The zero-order chi connectivity index (χ0) is 22.5. The summed E-state index contributed by atoms with van der Waals surface area (Å²) in [7, 11) is 4.77. The lowest BCUT2D eigenvalue weighted by Crippen LogP contribution is -2.48. The van der Waals surface area contributed by atoms with Crippen LogP contribution in [0.5, 0.6) is 17.2 Å². The average molecular weight is 443 g/mol. The van der Waals surface area contributed by atoms with E-state index < -0.39 is 12.0 Å². The van der Waals surface area contributed by atoms with E-state index in [1.54, 1.807) is 34.3 Å². The zero-order valence-electron chi connectivity index (χ0n) is 18.2. The summed E-state index contributed by atoms with van der Waals surface area (Å²) in [5.74, 6) is 1.54.